The van der Waals surface area contributed by atoms with Crippen molar-refractivity contribution in [1.29, 1.82) is 0 Å². The van der Waals surface area contributed by atoms with Crippen molar-refractivity contribution in [2.75, 3.05) is 0 Å². The highest BCUT2D eigenvalue weighted by Gasteiger charge is 2.32. The van der Waals surface area contributed by atoms with Gasteiger partial charge in [0.15, 0.2) is 0 Å². The zero-order chi connectivity index (χ0) is 16.5. The first-order valence-corrected chi connectivity index (χ1v) is 6.50. The average Bonchev–Trinajstić information content (AvgIpc) is 2.42. The molecule has 0 fully saturated rings. The molecular weight excluding hydrogens is 298 g/mol. The van der Waals surface area contributed by atoms with Crippen molar-refractivity contribution < 1.29 is 22.4 Å². The number of ketones is 1. The summed E-state index contributed by atoms with van der Waals surface area (Å²) in [5, 5.41) is 0. The summed E-state index contributed by atoms with van der Waals surface area (Å²) in [6.07, 6.45) is -3.50. The van der Waals surface area contributed by atoms with Crippen molar-refractivity contribution in [1.82, 2.24) is 4.98 Å². The van der Waals surface area contributed by atoms with Crippen LogP contribution in [0.1, 0.15) is 35.2 Å². The topological polar surface area (TPSA) is 30.0 Å². The Kier molecular flexibility index (Phi) is 4.30. The number of aromatic nitrogens is 1. The first-order chi connectivity index (χ1) is 10.2. The molecule has 0 aliphatic rings. The van der Waals surface area contributed by atoms with Gasteiger partial charge in [-0.1, -0.05) is 18.2 Å². The molecule has 0 saturated heterocycles. The third-order valence-electron chi connectivity index (χ3n) is 3.33. The van der Waals surface area contributed by atoms with Crippen LogP contribution in [-0.4, -0.2) is 10.8 Å². The summed E-state index contributed by atoms with van der Waals surface area (Å²) in [7, 11) is 0. The highest BCUT2D eigenvalue weighted by molar-refractivity contribution is 5.86. The van der Waals surface area contributed by atoms with E-state index in [1.807, 2.05) is 0 Å². The second-order valence-corrected chi connectivity index (χ2v) is 5.03. The number of halogens is 4. The van der Waals surface area contributed by atoms with Gasteiger partial charge in [-0.15, -0.1) is 0 Å². The molecule has 116 valence electrons. The van der Waals surface area contributed by atoms with Crippen molar-refractivity contribution in [3.8, 4) is 0 Å². The molecule has 0 spiro atoms. The third-order valence-corrected chi connectivity index (χ3v) is 3.33. The lowest BCUT2D eigenvalue weighted by Crippen LogP contribution is -2.13. The number of aryl methyl sites for hydroxylation is 1. The summed E-state index contributed by atoms with van der Waals surface area (Å²) in [6, 6.07) is 6.26. The predicted octanol–water partition coefficient (Wildman–Crippen LogP) is 4.27. The number of Topliss-reactive ketones (excluding diaryl/α,β-unsaturated/α-hetero) is 1. The zero-order valence-electron chi connectivity index (χ0n) is 11.9. The summed E-state index contributed by atoms with van der Waals surface area (Å²) >= 11 is 0. The molecule has 2 aromatic rings. The van der Waals surface area contributed by atoms with E-state index in [0.29, 0.717) is 16.7 Å². The van der Waals surface area contributed by atoms with E-state index in [-0.39, 0.29) is 5.78 Å². The molecule has 0 amide bonds. The Morgan fingerprint density at radius 3 is 2.23 bits per heavy atom. The van der Waals surface area contributed by atoms with Crippen molar-refractivity contribution in [2.24, 2.45) is 0 Å². The molecule has 0 saturated carbocycles. The van der Waals surface area contributed by atoms with Crippen LogP contribution in [0.5, 0.6) is 0 Å². The maximum atomic E-state index is 13.3. The van der Waals surface area contributed by atoms with Crippen LogP contribution in [0, 0.1) is 12.7 Å². The Balaban J connectivity index is 2.44. The molecule has 0 radical (unpaired) electrons. The maximum absolute atomic E-state index is 13.3. The van der Waals surface area contributed by atoms with Crippen molar-refractivity contribution >= 4 is 5.78 Å². The van der Waals surface area contributed by atoms with Gasteiger partial charge in [-0.05, 0) is 42.7 Å². The number of hydrogen-bond acceptors (Lipinski definition) is 2. The largest absolute Gasteiger partial charge is 0.433 e. The lowest BCUT2D eigenvalue weighted by Gasteiger charge is -2.16. The Labute approximate surface area is 124 Å². The molecule has 0 aliphatic heterocycles. The molecule has 2 rings (SSSR count). The number of benzene rings is 1. The van der Waals surface area contributed by atoms with Crippen molar-refractivity contribution in [3.05, 3.63) is 64.7 Å². The van der Waals surface area contributed by atoms with Crippen LogP contribution in [-0.2, 0) is 11.0 Å². The number of carbonyl (C=O) groups excluding carboxylic acids is 1. The van der Waals surface area contributed by atoms with E-state index in [2.05, 4.69) is 4.98 Å². The van der Waals surface area contributed by atoms with Crippen molar-refractivity contribution in [3.63, 3.8) is 0 Å². The summed E-state index contributed by atoms with van der Waals surface area (Å²) in [5.41, 5.74) is 0.205. The fourth-order valence-electron chi connectivity index (χ4n) is 2.25. The molecule has 1 atom stereocenters. The van der Waals surface area contributed by atoms with Crippen LogP contribution in [0.3, 0.4) is 0 Å². The normalized spacial score (nSPS) is 13.0. The predicted molar refractivity (Wildman–Crippen MR) is 72.9 cm³/mol. The van der Waals surface area contributed by atoms with E-state index in [4.69, 9.17) is 0 Å². The Morgan fingerprint density at radius 1 is 1.14 bits per heavy atom. The minimum absolute atomic E-state index is 0.257. The molecule has 6 heteroatoms. The number of rotatable bonds is 3. The van der Waals surface area contributed by atoms with Crippen LogP contribution in [0.15, 0.2) is 36.5 Å². The van der Waals surface area contributed by atoms with Crippen LogP contribution in [0.25, 0.3) is 0 Å². The second kappa shape index (κ2) is 5.87. The molecule has 0 bridgehead atoms. The Bertz CT molecular complexity index is 692. The summed E-state index contributed by atoms with van der Waals surface area (Å²) in [6.45, 7) is 2.89. The van der Waals surface area contributed by atoms with Gasteiger partial charge in [0.05, 0.1) is 5.92 Å². The van der Waals surface area contributed by atoms with Gasteiger partial charge < -0.3 is 0 Å². The summed E-state index contributed by atoms with van der Waals surface area (Å²) < 4.78 is 50.9. The molecule has 22 heavy (non-hydrogen) atoms. The lowest BCUT2D eigenvalue weighted by molar-refractivity contribution is -0.141. The minimum atomic E-state index is -4.53. The monoisotopic (exact) mass is 311 g/mol. The van der Waals surface area contributed by atoms with E-state index >= 15 is 0 Å². The number of hydrogen-bond donors (Lipinski definition) is 0. The van der Waals surface area contributed by atoms with E-state index in [1.54, 1.807) is 6.92 Å². The first kappa shape index (κ1) is 16.1. The van der Waals surface area contributed by atoms with Crippen LogP contribution < -0.4 is 0 Å². The number of pyridine rings is 1. The van der Waals surface area contributed by atoms with Gasteiger partial charge in [0.2, 0.25) is 0 Å². The minimum Gasteiger partial charge on any atom is -0.299 e. The van der Waals surface area contributed by atoms with Crippen molar-refractivity contribution in [2.45, 2.75) is 25.9 Å². The Morgan fingerprint density at radius 2 is 1.77 bits per heavy atom. The summed E-state index contributed by atoms with van der Waals surface area (Å²) in [4.78, 5) is 15.2. The average molecular weight is 311 g/mol. The molecule has 0 N–H and O–H groups in total. The van der Waals surface area contributed by atoms with Gasteiger partial charge >= 0.3 is 6.18 Å². The highest BCUT2D eigenvalue weighted by atomic mass is 19.4. The van der Waals surface area contributed by atoms with Crippen LogP contribution in [0.4, 0.5) is 17.6 Å². The fourth-order valence-corrected chi connectivity index (χ4v) is 2.25. The second-order valence-electron chi connectivity index (χ2n) is 5.03. The molecule has 2 nitrogen and oxygen atoms in total. The third kappa shape index (κ3) is 3.32. The van der Waals surface area contributed by atoms with E-state index in [1.165, 1.54) is 31.2 Å². The van der Waals surface area contributed by atoms with Crippen LogP contribution >= 0.6 is 0 Å². The molecule has 0 aliphatic carbocycles. The van der Waals surface area contributed by atoms with Gasteiger partial charge in [0, 0.05) is 6.20 Å². The number of carbonyl (C=O) groups is 1. The van der Waals surface area contributed by atoms with Crippen LogP contribution in [0.2, 0.25) is 0 Å². The van der Waals surface area contributed by atoms with E-state index in [0.717, 1.165) is 12.3 Å². The molecular formula is C16H13F4NO. The molecule has 1 aromatic carbocycles. The number of alkyl halides is 3. The van der Waals surface area contributed by atoms with Gasteiger partial charge in [-0.2, -0.15) is 13.2 Å². The zero-order valence-corrected chi connectivity index (χ0v) is 11.9. The van der Waals surface area contributed by atoms with Gasteiger partial charge in [-0.25, -0.2) is 4.39 Å². The Hall–Kier alpha value is -2.24. The van der Waals surface area contributed by atoms with Gasteiger partial charge in [-0.3, -0.25) is 9.78 Å². The molecule has 1 unspecified atom stereocenters. The maximum Gasteiger partial charge on any atom is 0.433 e. The summed E-state index contributed by atoms with van der Waals surface area (Å²) in [5.74, 6) is -1.43. The fraction of sp³-hybridized carbons (Fsp3) is 0.250. The van der Waals surface area contributed by atoms with E-state index < -0.39 is 23.6 Å². The lowest BCUT2D eigenvalue weighted by atomic mass is 9.88. The highest BCUT2D eigenvalue weighted by Crippen LogP contribution is 2.30. The quantitative estimate of drug-likeness (QED) is 0.792. The smallest absolute Gasteiger partial charge is 0.299 e. The van der Waals surface area contributed by atoms with E-state index in [9.17, 15) is 22.4 Å². The molecule has 1 heterocycles. The van der Waals surface area contributed by atoms with Gasteiger partial charge in [0.25, 0.3) is 0 Å². The van der Waals surface area contributed by atoms with Gasteiger partial charge in [0.1, 0.15) is 17.3 Å². The SMILES string of the molecule is CC(=O)C(c1ccc(C(F)(F)F)nc1)c1ccc(F)c(C)c1. The number of nitrogens with zero attached hydrogens (tertiary/aromatic N) is 1. The molecule has 1 aromatic heterocycles. The first-order valence-electron chi connectivity index (χ1n) is 6.50. The standard InChI is InChI=1S/C16H13F4NO/c1-9-7-11(3-5-13(9)17)15(10(2)22)12-4-6-14(21-8-12)16(18,19)20/h3-8,15H,1-2H3.